The van der Waals surface area contributed by atoms with Crippen molar-refractivity contribution in [3.63, 3.8) is 0 Å². The van der Waals surface area contributed by atoms with Gasteiger partial charge in [0.2, 0.25) is 0 Å². The molecule has 0 bridgehead atoms. The zero-order chi connectivity index (χ0) is 26.5. The molecule has 40 heavy (non-hydrogen) atoms. The lowest BCUT2D eigenvalue weighted by Crippen LogP contribution is -1.93. The highest BCUT2D eigenvalue weighted by Crippen LogP contribution is 2.43. The third-order valence-electron chi connectivity index (χ3n) is 7.83. The van der Waals surface area contributed by atoms with Crippen LogP contribution in [0.15, 0.2) is 156 Å². The molecule has 0 amide bonds. The highest BCUT2D eigenvalue weighted by molar-refractivity contribution is 6.11. The first-order valence-electron chi connectivity index (χ1n) is 13.6. The maximum atomic E-state index is 6.86. The van der Waals surface area contributed by atoms with E-state index in [2.05, 4.69) is 156 Å². The van der Waals surface area contributed by atoms with E-state index in [1.54, 1.807) is 0 Å². The van der Waals surface area contributed by atoms with Crippen LogP contribution >= 0.6 is 0 Å². The second-order valence-corrected chi connectivity index (χ2v) is 10.1. The average molecular weight is 512 g/mol. The molecule has 0 atom stereocenters. The van der Waals surface area contributed by atoms with Crippen LogP contribution in [-0.4, -0.2) is 4.57 Å². The number of hydrogen-bond donors (Lipinski definition) is 0. The molecule has 8 aromatic rings. The summed E-state index contributed by atoms with van der Waals surface area (Å²) in [5.41, 5.74) is 8.00. The molecule has 2 aromatic heterocycles. The van der Waals surface area contributed by atoms with Crippen molar-refractivity contribution in [2.45, 2.75) is 0 Å². The summed E-state index contributed by atoms with van der Waals surface area (Å²) in [4.78, 5) is 0. The lowest BCUT2D eigenvalue weighted by atomic mass is 9.96. The Morgan fingerprint density at radius 3 is 1.73 bits per heavy atom. The molecule has 0 fully saturated rings. The van der Waals surface area contributed by atoms with Gasteiger partial charge in [-0.2, -0.15) is 0 Å². The predicted octanol–water partition coefficient (Wildman–Crippen LogP) is 10.5. The van der Waals surface area contributed by atoms with Gasteiger partial charge in [-0.15, -0.1) is 0 Å². The monoisotopic (exact) mass is 511 g/mol. The van der Waals surface area contributed by atoms with E-state index in [9.17, 15) is 0 Å². The van der Waals surface area contributed by atoms with E-state index in [0.717, 1.165) is 50.2 Å². The molecular weight excluding hydrogens is 486 g/mol. The highest BCUT2D eigenvalue weighted by atomic mass is 16.3. The van der Waals surface area contributed by atoms with Crippen LogP contribution in [0.3, 0.4) is 0 Å². The molecule has 2 heteroatoms. The average Bonchev–Trinajstić information content (AvgIpc) is 3.58. The molecule has 0 radical (unpaired) electrons. The molecule has 188 valence electrons. The van der Waals surface area contributed by atoms with E-state index in [0.29, 0.717) is 0 Å². The molecule has 0 aliphatic carbocycles. The van der Waals surface area contributed by atoms with Gasteiger partial charge in [0.25, 0.3) is 0 Å². The van der Waals surface area contributed by atoms with E-state index in [1.165, 1.54) is 21.9 Å². The summed E-state index contributed by atoms with van der Waals surface area (Å²) >= 11 is 0. The van der Waals surface area contributed by atoms with Gasteiger partial charge in [-0.1, -0.05) is 127 Å². The van der Waals surface area contributed by atoms with Gasteiger partial charge in [-0.05, 0) is 35.4 Å². The first-order valence-corrected chi connectivity index (χ1v) is 13.6. The van der Waals surface area contributed by atoms with Crippen molar-refractivity contribution in [1.82, 2.24) is 4.57 Å². The van der Waals surface area contributed by atoms with Gasteiger partial charge in [-0.25, -0.2) is 0 Å². The quantitative estimate of drug-likeness (QED) is 0.230. The fourth-order valence-corrected chi connectivity index (χ4v) is 6.02. The van der Waals surface area contributed by atoms with E-state index < -0.39 is 0 Å². The third kappa shape index (κ3) is 3.50. The number of rotatable bonds is 4. The van der Waals surface area contributed by atoms with Crippen LogP contribution in [0.4, 0.5) is 0 Å². The van der Waals surface area contributed by atoms with Crippen molar-refractivity contribution in [3.8, 4) is 39.5 Å². The smallest absolute Gasteiger partial charge is 0.143 e. The second kappa shape index (κ2) is 9.14. The highest BCUT2D eigenvalue weighted by Gasteiger charge is 2.20. The molecule has 8 rings (SSSR count). The fraction of sp³-hybridized carbons (Fsp3) is 0. The Morgan fingerprint density at radius 2 is 0.950 bits per heavy atom. The number of furan rings is 1. The summed E-state index contributed by atoms with van der Waals surface area (Å²) in [7, 11) is 0. The van der Waals surface area contributed by atoms with Crippen molar-refractivity contribution in [1.29, 1.82) is 0 Å². The van der Waals surface area contributed by atoms with Crippen LogP contribution in [0.5, 0.6) is 0 Å². The van der Waals surface area contributed by atoms with Gasteiger partial charge in [-0.3, -0.25) is 0 Å². The number of benzene rings is 6. The maximum Gasteiger partial charge on any atom is 0.143 e. The number of nitrogens with zero attached hydrogens (tertiary/aromatic N) is 1. The lowest BCUT2D eigenvalue weighted by molar-refractivity contribution is 0.602. The maximum absolute atomic E-state index is 6.86. The van der Waals surface area contributed by atoms with Crippen molar-refractivity contribution in [2.24, 2.45) is 0 Å². The molecule has 0 N–H and O–H groups in total. The van der Waals surface area contributed by atoms with Crippen LogP contribution < -0.4 is 0 Å². The van der Waals surface area contributed by atoms with Gasteiger partial charge >= 0.3 is 0 Å². The normalized spacial score (nSPS) is 11.5. The van der Waals surface area contributed by atoms with E-state index in [4.69, 9.17) is 4.42 Å². The summed E-state index contributed by atoms with van der Waals surface area (Å²) < 4.78 is 9.21. The number of aromatic nitrogens is 1. The summed E-state index contributed by atoms with van der Waals surface area (Å²) in [5, 5.41) is 4.70. The summed E-state index contributed by atoms with van der Waals surface area (Å²) in [5.74, 6) is 1.79. The minimum absolute atomic E-state index is 0.889. The minimum atomic E-state index is 0.889. The number of para-hydroxylation sites is 2. The minimum Gasteiger partial charge on any atom is -0.455 e. The van der Waals surface area contributed by atoms with Gasteiger partial charge in [0, 0.05) is 38.4 Å². The van der Waals surface area contributed by atoms with E-state index in [1.807, 2.05) is 0 Å². The zero-order valence-corrected chi connectivity index (χ0v) is 21.8. The van der Waals surface area contributed by atoms with Gasteiger partial charge in [0.05, 0.1) is 11.0 Å². The van der Waals surface area contributed by atoms with Crippen molar-refractivity contribution in [2.75, 3.05) is 0 Å². The fourth-order valence-electron chi connectivity index (χ4n) is 6.02. The number of hydrogen-bond acceptors (Lipinski definition) is 1. The van der Waals surface area contributed by atoms with E-state index in [-0.39, 0.29) is 0 Å². The molecule has 0 aliphatic heterocycles. The van der Waals surface area contributed by atoms with Crippen LogP contribution in [0.2, 0.25) is 0 Å². The Kier molecular flexibility index (Phi) is 5.17. The van der Waals surface area contributed by atoms with Crippen LogP contribution in [-0.2, 0) is 0 Å². The Morgan fingerprint density at radius 1 is 0.375 bits per heavy atom. The van der Waals surface area contributed by atoms with Gasteiger partial charge in [0.15, 0.2) is 0 Å². The Bertz CT molecular complexity index is 2150. The van der Waals surface area contributed by atoms with Gasteiger partial charge < -0.3 is 8.98 Å². The molecule has 0 saturated heterocycles. The molecule has 0 saturated carbocycles. The lowest BCUT2D eigenvalue weighted by Gasteiger charge is -2.09. The summed E-state index contributed by atoms with van der Waals surface area (Å²) in [6.45, 7) is 0. The molecule has 0 unspecified atom stereocenters. The van der Waals surface area contributed by atoms with Crippen LogP contribution in [0, 0.1) is 0 Å². The molecule has 2 heterocycles. The summed E-state index contributed by atoms with van der Waals surface area (Å²) in [6.07, 6.45) is 0. The standard InChI is InChI=1S/C38H25NO/c1-3-13-26(14-4-1)29-17-7-8-19-32(29)38-34-21-10-9-20-33(34)37(40-38)27-23-24-31-30-18-11-12-22-35(30)39(36(31)25-27)28-15-5-2-6-16-28/h1-25H. The second-order valence-electron chi connectivity index (χ2n) is 10.1. The van der Waals surface area contributed by atoms with Crippen LogP contribution in [0.1, 0.15) is 0 Å². The molecule has 0 spiro atoms. The number of fused-ring (bicyclic) bond motifs is 4. The molecular formula is C38H25NO. The van der Waals surface area contributed by atoms with Crippen molar-refractivity contribution in [3.05, 3.63) is 152 Å². The molecule has 0 aliphatic rings. The topological polar surface area (TPSA) is 18.1 Å². The largest absolute Gasteiger partial charge is 0.455 e. The van der Waals surface area contributed by atoms with E-state index >= 15 is 0 Å². The zero-order valence-electron chi connectivity index (χ0n) is 21.8. The Balaban J connectivity index is 1.39. The molecule has 6 aromatic carbocycles. The van der Waals surface area contributed by atoms with Crippen molar-refractivity contribution < 1.29 is 4.42 Å². The van der Waals surface area contributed by atoms with Crippen molar-refractivity contribution >= 4 is 32.6 Å². The predicted molar refractivity (Wildman–Crippen MR) is 167 cm³/mol. The SMILES string of the molecule is c1ccc(-c2ccccc2-c2oc(-c3ccc4c5ccccc5n(-c5ccccc5)c4c3)c3ccccc23)cc1. The third-order valence-corrected chi connectivity index (χ3v) is 7.83. The first-order chi connectivity index (χ1) is 19.9. The first kappa shape index (κ1) is 22.6. The van der Waals surface area contributed by atoms with Crippen LogP contribution in [0.25, 0.3) is 72.0 Å². The molecule has 2 nitrogen and oxygen atoms in total. The summed E-state index contributed by atoms with van der Waals surface area (Å²) in [6, 6.07) is 53.5. The Hall–Kier alpha value is -5.34. The van der Waals surface area contributed by atoms with Gasteiger partial charge in [0.1, 0.15) is 11.5 Å². The Labute approximate surface area is 232 Å².